The Bertz CT molecular complexity index is 610. The maximum absolute atomic E-state index is 13.4. The molecule has 0 radical (unpaired) electrons. The molecule has 1 aromatic heterocycles. The number of aromatic nitrogens is 1. The first-order chi connectivity index (χ1) is 10.0. The van der Waals surface area contributed by atoms with Gasteiger partial charge in [0.1, 0.15) is 10.8 Å². The molecule has 0 saturated heterocycles. The second-order valence-corrected chi connectivity index (χ2v) is 7.23. The molecular formula is C16H20BrFN2S. The van der Waals surface area contributed by atoms with E-state index in [1.54, 1.807) is 23.5 Å². The number of hydrogen-bond donors (Lipinski definition) is 1. The van der Waals surface area contributed by atoms with Gasteiger partial charge in [0.15, 0.2) is 0 Å². The van der Waals surface area contributed by atoms with E-state index in [1.165, 1.54) is 10.9 Å². The molecule has 1 aromatic carbocycles. The standard InChI is InChI=1S/C16H20BrFN2S/c1-4-7-19-9-14-15(10(2)3)20-16(21-14)11-5-6-13(18)12(17)8-11/h5-6,8,10,19H,4,7,9H2,1-3H3. The van der Waals surface area contributed by atoms with E-state index in [-0.39, 0.29) is 5.82 Å². The van der Waals surface area contributed by atoms with Crippen LogP contribution in [0.25, 0.3) is 10.6 Å². The number of halogens is 2. The fourth-order valence-electron chi connectivity index (χ4n) is 2.07. The lowest BCUT2D eigenvalue weighted by Crippen LogP contribution is -2.14. The molecule has 0 aliphatic carbocycles. The summed E-state index contributed by atoms with van der Waals surface area (Å²) in [6, 6.07) is 5.05. The Morgan fingerprint density at radius 2 is 2.14 bits per heavy atom. The van der Waals surface area contributed by atoms with Crippen LogP contribution >= 0.6 is 27.3 Å². The molecular weight excluding hydrogens is 351 g/mol. The van der Waals surface area contributed by atoms with E-state index in [0.29, 0.717) is 10.4 Å². The Hall–Kier alpha value is -0.780. The van der Waals surface area contributed by atoms with Gasteiger partial charge >= 0.3 is 0 Å². The van der Waals surface area contributed by atoms with Crippen molar-refractivity contribution in [1.82, 2.24) is 10.3 Å². The topological polar surface area (TPSA) is 24.9 Å². The molecule has 2 nitrogen and oxygen atoms in total. The van der Waals surface area contributed by atoms with Crippen molar-refractivity contribution in [2.24, 2.45) is 0 Å². The van der Waals surface area contributed by atoms with E-state index in [9.17, 15) is 4.39 Å². The Morgan fingerprint density at radius 1 is 1.38 bits per heavy atom. The zero-order valence-corrected chi connectivity index (χ0v) is 14.9. The smallest absolute Gasteiger partial charge is 0.137 e. The van der Waals surface area contributed by atoms with Gasteiger partial charge in [0.25, 0.3) is 0 Å². The SMILES string of the molecule is CCCNCc1sc(-c2ccc(F)c(Br)c2)nc1C(C)C. The zero-order valence-electron chi connectivity index (χ0n) is 12.5. The lowest BCUT2D eigenvalue weighted by Gasteiger charge is -2.05. The third kappa shape index (κ3) is 4.11. The molecule has 0 unspecified atom stereocenters. The van der Waals surface area contributed by atoms with Crippen molar-refractivity contribution in [2.45, 2.75) is 39.7 Å². The normalized spacial score (nSPS) is 11.3. The Labute approximate surface area is 137 Å². The molecule has 2 aromatic rings. The average molecular weight is 371 g/mol. The first kappa shape index (κ1) is 16.6. The van der Waals surface area contributed by atoms with Gasteiger partial charge in [0.2, 0.25) is 0 Å². The molecule has 0 atom stereocenters. The van der Waals surface area contributed by atoms with Crippen molar-refractivity contribution in [3.05, 3.63) is 39.1 Å². The predicted molar refractivity (Wildman–Crippen MR) is 91.3 cm³/mol. The van der Waals surface area contributed by atoms with Crippen molar-refractivity contribution in [3.63, 3.8) is 0 Å². The summed E-state index contributed by atoms with van der Waals surface area (Å²) in [5, 5.41) is 4.38. The average Bonchev–Trinajstić information content (AvgIpc) is 2.86. The highest BCUT2D eigenvalue weighted by molar-refractivity contribution is 9.10. The molecule has 0 fully saturated rings. The fourth-order valence-corrected chi connectivity index (χ4v) is 3.63. The summed E-state index contributed by atoms with van der Waals surface area (Å²) < 4.78 is 13.8. The van der Waals surface area contributed by atoms with E-state index < -0.39 is 0 Å². The monoisotopic (exact) mass is 370 g/mol. The van der Waals surface area contributed by atoms with Crippen LogP contribution in [0.1, 0.15) is 43.7 Å². The molecule has 0 spiro atoms. The van der Waals surface area contributed by atoms with Gasteiger partial charge in [0, 0.05) is 17.0 Å². The molecule has 114 valence electrons. The number of nitrogens with zero attached hydrogens (tertiary/aromatic N) is 1. The number of hydrogen-bond acceptors (Lipinski definition) is 3. The fraction of sp³-hybridized carbons (Fsp3) is 0.438. The zero-order chi connectivity index (χ0) is 15.4. The van der Waals surface area contributed by atoms with Crippen LogP contribution in [0.3, 0.4) is 0 Å². The number of benzene rings is 1. The first-order valence-corrected chi connectivity index (χ1v) is 8.79. The summed E-state index contributed by atoms with van der Waals surface area (Å²) in [4.78, 5) is 6.04. The van der Waals surface area contributed by atoms with E-state index in [4.69, 9.17) is 4.98 Å². The van der Waals surface area contributed by atoms with E-state index >= 15 is 0 Å². The summed E-state index contributed by atoms with van der Waals surface area (Å²) in [5.41, 5.74) is 2.09. The Morgan fingerprint density at radius 3 is 2.76 bits per heavy atom. The van der Waals surface area contributed by atoms with Crippen LogP contribution in [-0.2, 0) is 6.54 Å². The summed E-state index contributed by atoms with van der Waals surface area (Å²) in [5.74, 6) is 0.140. The highest BCUT2D eigenvalue weighted by Crippen LogP contribution is 2.33. The third-order valence-corrected chi connectivity index (χ3v) is 4.88. The van der Waals surface area contributed by atoms with Crippen LogP contribution in [-0.4, -0.2) is 11.5 Å². The maximum atomic E-state index is 13.4. The van der Waals surface area contributed by atoms with Gasteiger partial charge in [-0.25, -0.2) is 9.37 Å². The van der Waals surface area contributed by atoms with Crippen LogP contribution in [0.15, 0.2) is 22.7 Å². The van der Waals surface area contributed by atoms with Crippen LogP contribution in [0, 0.1) is 5.82 Å². The molecule has 2 rings (SSSR count). The van der Waals surface area contributed by atoms with Crippen molar-refractivity contribution >= 4 is 27.3 Å². The van der Waals surface area contributed by atoms with Gasteiger partial charge in [-0.15, -0.1) is 11.3 Å². The van der Waals surface area contributed by atoms with E-state index in [1.807, 2.05) is 0 Å². The van der Waals surface area contributed by atoms with Crippen LogP contribution in [0.4, 0.5) is 4.39 Å². The van der Waals surface area contributed by atoms with Gasteiger partial charge in [0.05, 0.1) is 10.2 Å². The third-order valence-electron chi connectivity index (χ3n) is 3.15. The second-order valence-electron chi connectivity index (χ2n) is 5.29. The maximum Gasteiger partial charge on any atom is 0.137 e. The number of rotatable bonds is 6. The quantitative estimate of drug-likeness (QED) is 0.694. The number of nitrogens with one attached hydrogen (secondary N) is 1. The molecule has 5 heteroatoms. The molecule has 0 amide bonds. The summed E-state index contributed by atoms with van der Waals surface area (Å²) in [6.45, 7) is 8.32. The van der Waals surface area contributed by atoms with Crippen molar-refractivity contribution in [2.75, 3.05) is 6.54 Å². The molecule has 0 aliphatic heterocycles. The summed E-state index contributed by atoms with van der Waals surface area (Å²) >= 11 is 4.93. The van der Waals surface area contributed by atoms with Gasteiger partial charge < -0.3 is 5.32 Å². The highest BCUT2D eigenvalue weighted by atomic mass is 79.9. The van der Waals surface area contributed by atoms with Crippen molar-refractivity contribution in [3.8, 4) is 10.6 Å². The van der Waals surface area contributed by atoms with Crippen LogP contribution in [0.5, 0.6) is 0 Å². The van der Waals surface area contributed by atoms with Gasteiger partial charge in [-0.3, -0.25) is 0 Å². The minimum atomic E-state index is -0.246. The van der Waals surface area contributed by atoms with Crippen LogP contribution in [0.2, 0.25) is 0 Å². The van der Waals surface area contributed by atoms with E-state index in [0.717, 1.165) is 35.8 Å². The summed E-state index contributed by atoms with van der Waals surface area (Å²) in [7, 11) is 0. The first-order valence-electron chi connectivity index (χ1n) is 7.18. The van der Waals surface area contributed by atoms with Gasteiger partial charge in [-0.1, -0.05) is 20.8 Å². The lowest BCUT2D eigenvalue weighted by atomic mass is 10.1. The molecule has 0 bridgehead atoms. The van der Waals surface area contributed by atoms with Gasteiger partial charge in [-0.05, 0) is 53.0 Å². The summed E-state index contributed by atoms with van der Waals surface area (Å²) in [6.07, 6.45) is 1.12. The highest BCUT2D eigenvalue weighted by Gasteiger charge is 2.15. The molecule has 0 aliphatic rings. The molecule has 1 N–H and O–H groups in total. The van der Waals surface area contributed by atoms with Crippen molar-refractivity contribution in [1.29, 1.82) is 0 Å². The number of thiazole rings is 1. The minimum absolute atomic E-state index is 0.246. The largest absolute Gasteiger partial charge is 0.312 e. The Balaban J connectivity index is 2.31. The molecule has 0 saturated carbocycles. The van der Waals surface area contributed by atoms with Crippen LogP contribution < -0.4 is 5.32 Å². The lowest BCUT2D eigenvalue weighted by molar-refractivity contribution is 0.621. The molecule has 1 heterocycles. The molecule has 21 heavy (non-hydrogen) atoms. The second kappa shape index (κ2) is 7.47. The predicted octanol–water partition coefficient (Wildman–Crippen LogP) is 5.33. The minimum Gasteiger partial charge on any atom is -0.312 e. The van der Waals surface area contributed by atoms with E-state index in [2.05, 4.69) is 42.0 Å². The Kier molecular flexibility index (Phi) is 5.90. The van der Waals surface area contributed by atoms with Crippen molar-refractivity contribution < 1.29 is 4.39 Å². The van der Waals surface area contributed by atoms with Gasteiger partial charge in [-0.2, -0.15) is 0 Å².